The molecule has 148 valence electrons. The SMILES string of the molecule is COP(C)(=O)OCC(O)C=Cc1cc(C(C)(C)C)c(O)c(C(C)(C)C)c1. The van der Waals surface area contributed by atoms with Crippen LogP contribution in [0.5, 0.6) is 5.75 Å². The molecule has 26 heavy (non-hydrogen) atoms. The summed E-state index contributed by atoms with van der Waals surface area (Å²) in [6.07, 6.45) is 2.45. The van der Waals surface area contributed by atoms with Gasteiger partial charge in [-0.15, -0.1) is 0 Å². The Morgan fingerprint density at radius 3 is 1.96 bits per heavy atom. The van der Waals surface area contributed by atoms with Crippen LogP contribution in [0.1, 0.15) is 58.2 Å². The first-order valence-electron chi connectivity index (χ1n) is 8.69. The third-order valence-electron chi connectivity index (χ3n) is 4.07. The first-order valence-corrected chi connectivity index (χ1v) is 10.7. The molecule has 0 heterocycles. The van der Waals surface area contributed by atoms with E-state index in [-0.39, 0.29) is 17.4 Å². The van der Waals surface area contributed by atoms with Crippen molar-refractivity contribution in [2.45, 2.75) is 58.5 Å². The van der Waals surface area contributed by atoms with Gasteiger partial charge in [0.05, 0.1) is 12.7 Å². The zero-order valence-corrected chi connectivity index (χ0v) is 18.1. The van der Waals surface area contributed by atoms with Crippen molar-refractivity contribution in [1.29, 1.82) is 0 Å². The lowest BCUT2D eigenvalue weighted by Crippen LogP contribution is -2.17. The third kappa shape index (κ3) is 6.55. The number of hydrogen-bond acceptors (Lipinski definition) is 5. The highest BCUT2D eigenvalue weighted by atomic mass is 31.2. The van der Waals surface area contributed by atoms with Gasteiger partial charge in [-0.3, -0.25) is 4.57 Å². The molecule has 1 aromatic rings. The molecular weight excluding hydrogens is 351 g/mol. The minimum atomic E-state index is -3.12. The number of aliphatic hydroxyl groups excluding tert-OH is 1. The highest BCUT2D eigenvalue weighted by molar-refractivity contribution is 7.52. The molecule has 0 aromatic heterocycles. The second kappa shape index (κ2) is 8.26. The van der Waals surface area contributed by atoms with Gasteiger partial charge in [0.2, 0.25) is 0 Å². The Bertz CT molecular complexity index is 660. The molecule has 0 fully saturated rings. The van der Waals surface area contributed by atoms with Gasteiger partial charge in [-0.25, -0.2) is 0 Å². The van der Waals surface area contributed by atoms with E-state index in [1.807, 2.05) is 53.7 Å². The van der Waals surface area contributed by atoms with Gasteiger partial charge >= 0.3 is 7.60 Å². The van der Waals surface area contributed by atoms with E-state index in [1.165, 1.54) is 13.8 Å². The van der Waals surface area contributed by atoms with Crippen molar-refractivity contribution in [3.8, 4) is 5.75 Å². The molecule has 5 nitrogen and oxygen atoms in total. The number of phenolic OH excluding ortho intramolecular Hbond substituents is 1. The van der Waals surface area contributed by atoms with Crippen LogP contribution in [0.2, 0.25) is 0 Å². The van der Waals surface area contributed by atoms with Gasteiger partial charge in [-0.2, -0.15) is 0 Å². The van der Waals surface area contributed by atoms with Crippen LogP contribution in [0, 0.1) is 0 Å². The van der Waals surface area contributed by atoms with E-state index in [1.54, 1.807) is 12.2 Å². The number of hydrogen-bond donors (Lipinski definition) is 2. The summed E-state index contributed by atoms with van der Waals surface area (Å²) in [7, 11) is -1.81. The van der Waals surface area contributed by atoms with Crippen molar-refractivity contribution in [2.75, 3.05) is 20.4 Å². The van der Waals surface area contributed by atoms with E-state index in [2.05, 4.69) is 0 Å². The first-order chi connectivity index (χ1) is 11.7. The number of aromatic hydroxyl groups is 1. The van der Waals surface area contributed by atoms with E-state index in [9.17, 15) is 14.8 Å². The monoisotopic (exact) mass is 384 g/mol. The molecular formula is C20H33O5P. The predicted molar refractivity (Wildman–Crippen MR) is 107 cm³/mol. The van der Waals surface area contributed by atoms with Gasteiger partial charge in [0.15, 0.2) is 0 Å². The molecule has 0 aliphatic carbocycles. The Labute approximate surface area is 157 Å². The molecule has 0 saturated heterocycles. The van der Waals surface area contributed by atoms with Crippen LogP contribution in [0.4, 0.5) is 0 Å². The molecule has 0 radical (unpaired) electrons. The maximum atomic E-state index is 11.7. The molecule has 6 heteroatoms. The summed E-state index contributed by atoms with van der Waals surface area (Å²) in [6, 6.07) is 3.85. The molecule has 2 atom stereocenters. The largest absolute Gasteiger partial charge is 0.507 e. The number of rotatable bonds is 6. The Kier molecular flexibility index (Phi) is 7.28. The van der Waals surface area contributed by atoms with Crippen LogP contribution in [-0.4, -0.2) is 36.7 Å². The number of benzene rings is 1. The Hall–Kier alpha value is -1.13. The lowest BCUT2D eigenvalue weighted by molar-refractivity contribution is 0.130. The van der Waals surface area contributed by atoms with E-state index < -0.39 is 13.7 Å². The lowest BCUT2D eigenvalue weighted by atomic mass is 9.78. The zero-order chi connectivity index (χ0) is 20.3. The topological polar surface area (TPSA) is 76.0 Å². The fraction of sp³-hybridized carbons (Fsp3) is 0.600. The van der Waals surface area contributed by atoms with Gasteiger partial charge in [-0.1, -0.05) is 53.7 Å². The summed E-state index contributed by atoms with van der Waals surface area (Å²) in [5.41, 5.74) is 2.15. The quantitative estimate of drug-likeness (QED) is 0.686. The minimum absolute atomic E-state index is 0.117. The van der Waals surface area contributed by atoms with Crippen molar-refractivity contribution in [3.05, 3.63) is 34.9 Å². The summed E-state index contributed by atoms with van der Waals surface area (Å²) >= 11 is 0. The fourth-order valence-corrected chi connectivity index (χ4v) is 2.97. The summed E-state index contributed by atoms with van der Waals surface area (Å²) in [5, 5.41) is 20.8. The van der Waals surface area contributed by atoms with Crippen molar-refractivity contribution in [2.24, 2.45) is 0 Å². The van der Waals surface area contributed by atoms with Crippen molar-refractivity contribution in [1.82, 2.24) is 0 Å². The van der Waals surface area contributed by atoms with Gasteiger partial charge in [0.25, 0.3) is 0 Å². The Morgan fingerprint density at radius 1 is 1.12 bits per heavy atom. The van der Waals surface area contributed by atoms with Crippen LogP contribution < -0.4 is 0 Å². The molecule has 0 amide bonds. The van der Waals surface area contributed by atoms with Crippen LogP contribution in [0.15, 0.2) is 18.2 Å². The van der Waals surface area contributed by atoms with Crippen LogP contribution >= 0.6 is 7.60 Å². The van der Waals surface area contributed by atoms with Crippen molar-refractivity contribution < 1.29 is 23.8 Å². The summed E-state index contributed by atoms with van der Waals surface area (Å²) in [5.74, 6) is 0.318. The molecule has 1 rings (SSSR count). The molecule has 0 bridgehead atoms. The average Bonchev–Trinajstić information content (AvgIpc) is 2.49. The summed E-state index contributed by atoms with van der Waals surface area (Å²) in [6.45, 7) is 13.5. The standard InChI is InChI=1S/C20H33O5P/c1-19(2,3)16-11-14(12-17(18(16)22)20(4,5)6)9-10-15(21)13-25-26(8,23)24-7/h9-12,15,21-22H,13H2,1-8H3. The second-order valence-corrected chi connectivity index (χ2v) is 10.8. The van der Waals surface area contributed by atoms with E-state index in [0.29, 0.717) is 5.75 Å². The van der Waals surface area contributed by atoms with Gasteiger partial charge in [0, 0.05) is 24.9 Å². The maximum Gasteiger partial charge on any atom is 0.327 e. The van der Waals surface area contributed by atoms with Crippen LogP contribution in [0.3, 0.4) is 0 Å². The number of phenols is 1. The molecule has 0 spiro atoms. The average molecular weight is 384 g/mol. The first kappa shape index (κ1) is 22.9. The van der Waals surface area contributed by atoms with E-state index in [4.69, 9.17) is 9.05 Å². The van der Waals surface area contributed by atoms with Crippen molar-refractivity contribution in [3.63, 3.8) is 0 Å². The van der Waals surface area contributed by atoms with Crippen molar-refractivity contribution >= 4 is 13.7 Å². The van der Waals surface area contributed by atoms with Crippen LogP contribution in [-0.2, 0) is 24.4 Å². The van der Waals surface area contributed by atoms with Gasteiger partial charge in [0.1, 0.15) is 5.75 Å². The predicted octanol–water partition coefficient (Wildman–Crippen LogP) is 4.85. The summed E-state index contributed by atoms with van der Waals surface area (Å²) in [4.78, 5) is 0. The highest BCUT2D eigenvalue weighted by Crippen LogP contribution is 2.43. The fourth-order valence-electron chi connectivity index (χ4n) is 2.44. The Morgan fingerprint density at radius 2 is 1.58 bits per heavy atom. The highest BCUT2D eigenvalue weighted by Gasteiger charge is 2.26. The molecule has 0 saturated carbocycles. The zero-order valence-electron chi connectivity index (χ0n) is 17.2. The van der Waals surface area contributed by atoms with E-state index >= 15 is 0 Å². The van der Waals surface area contributed by atoms with E-state index in [0.717, 1.165) is 16.7 Å². The lowest BCUT2D eigenvalue weighted by Gasteiger charge is -2.28. The van der Waals surface area contributed by atoms with Gasteiger partial charge < -0.3 is 19.3 Å². The summed E-state index contributed by atoms with van der Waals surface area (Å²) < 4.78 is 21.5. The number of aliphatic hydroxyl groups is 1. The normalized spacial score (nSPS) is 16.7. The molecule has 2 N–H and O–H groups in total. The second-order valence-electron chi connectivity index (χ2n) is 8.64. The molecule has 1 aromatic carbocycles. The third-order valence-corrected chi connectivity index (χ3v) is 5.35. The molecule has 2 unspecified atom stereocenters. The minimum Gasteiger partial charge on any atom is -0.507 e. The maximum absolute atomic E-state index is 11.7. The van der Waals surface area contributed by atoms with Crippen LogP contribution in [0.25, 0.3) is 6.08 Å². The smallest absolute Gasteiger partial charge is 0.327 e. The Balaban J connectivity index is 3.15. The molecule has 0 aliphatic heterocycles. The molecule has 0 aliphatic rings. The van der Waals surface area contributed by atoms with Gasteiger partial charge in [-0.05, 0) is 28.5 Å².